The van der Waals surface area contributed by atoms with Crippen molar-refractivity contribution in [3.63, 3.8) is 0 Å². The van der Waals surface area contributed by atoms with Crippen molar-refractivity contribution in [3.8, 4) is 0 Å². The molecule has 0 aromatic carbocycles. The van der Waals surface area contributed by atoms with Gasteiger partial charge >= 0.3 is 0 Å². The summed E-state index contributed by atoms with van der Waals surface area (Å²) >= 11 is 0. The van der Waals surface area contributed by atoms with E-state index in [9.17, 15) is 9.50 Å². The molecule has 1 aromatic heterocycles. The van der Waals surface area contributed by atoms with Gasteiger partial charge in [0.25, 0.3) is 0 Å². The van der Waals surface area contributed by atoms with E-state index >= 15 is 0 Å². The molecule has 2 rings (SSSR count). The highest BCUT2D eigenvalue weighted by molar-refractivity contribution is 4.87. The second-order valence-electron chi connectivity index (χ2n) is 7.09. The van der Waals surface area contributed by atoms with Crippen LogP contribution in [0.4, 0.5) is 4.39 Å². The van der Waals surface area contributed by atoms with Crippen LogP contribution in [0, 0.1) is 11.3 Å². The van der Waals surface area contributed by atoms with E-state index in [4.69, 9.17) is 0 Å². The molecule has 0 aliphatic heterocycles. The highest BCUT2D eigenvalue weighted by Gasteiger charge is 2.36. The number of aromatic nitrogens is 3. The molecule has 0 spiro atoms. The molecule has 0 saturated heterocycles. The fraction of sp³-hybridized carbons (Fsp3) is 0.875. The van der Waals surface area contributed by atoms with Gasteiger partial charge in [0.2, 0.25) is 0 Å². The van der Waals surface area contributed by atoms with E-state index in [-0.39, 0.29) is 6.04 Å². The Morgan fingerprint density at radius 1 is 1.33 bits per heavy atom. The minimum Gasteiger partial charge on any atom is -0.390 e. The summed E-state index contributed by atoms with van der Waals surface area (Å²) in [7, 11) is 0. The normalized spacial score (nSPS) is 20.4. The van der Waals surface area contributed by atoms with E-state index in [0.29, 0.717) is 0 Å². The number of halogens is 1. The molecule has 1 N–H and O–H groups in total. The zero-order valence-electron chi connectivity index (χ0n) is 13.2. The lowest BCUT2D eigenvalue weighted by molar-refractivity contribution is -0.0156. The molecule has 4 nitrogen and oxygen atoms in total. The molecular formula is C16H28FN3O. The van der Waals surface area contributed by atoms with Crippen LogP contribution < -0.4 is 0 Å². The maximum atomic E-state index is 13.2. The summed E-state index contributed by atoms with van der Waals surface area (Å²) in [6.07, 6.45) is 10.8. The van der Waals surface area contributed by atoms with Gasteiger partial charge in [0.1, 0.15) is 12.7 Å². The average molecular weight is 297 g/mol. The fourth-order valence-electron chi connectivity index (χ4n) is 3.31. The molecular weight excluding hydrogens is 269 g/mol. The number of hydrogen-bond acceptors (Lipinski definition) is 3. The molecule has 0 radical (unpaired) electrons. The van der Waals surface area contributed by atoms with Gasteiger partial charge in [-0.15, -0.1) is 0 Å². The van der Waals surface area contributed by atoms with E-state index in [1.54, 1.807) is 24.9 Å². The summed E-state index contributed by atoms with van der Waals surface area (Å²) in [5, 5.41) is 14.8. The van der Waals surface area contributed by atoms with Gasteiger partial charge in [-0.05, 0) is 18.8 Å². The van der Waals surface area contributed by atoms with E-state index in [2.05, 4.69) is 10.1 Å². The van der Waals surface area contributed by atoms with Crippen molar-refractivity contribution < 1.29 is 9.50 Å². The van der Waals surface area contributed by atoms with E-state index in [1.165, 1.54) is 38.4 Å². The predicted molar refractivity (Wildman–Crippen MR) is 80.6 cm³/mol. The van der Waals surface area contributed by atoms with Crippen molar-refractivity contribution in [1.82, 2.24) is 14.8 Å². The van der Waals surface area contributed by atoms with Gasteiger partial charge in [-0.3, -0.25) is 4.39 Å². The van der Waals surface area contributed by atoms with Crippen LogP contribution in [0.15, 0.2) is 12.7 Å². The minimum absolute atomic E-state index is 0.194. The van der Waals surface area contributed by atoms with Crippen molar-refractivity contribution in [3.05, 3.63) is 12.7 Å². The fourth-order valence-corrected chi connectivity index (χ4v) is 3.31. The molecule has 1 aliphatic carbocycles. The molecule has 2 unspecified atom stereocenters. The monoisotopic (exact) mass is 297 g/mol. The summed E-state index contributed by atoms with van der Waals surface area (Å²) < 4.78 is 14.9. The van der Waals surface area contributed by atoms with Crippen LogP contribution in [0.2, 0.25) is 0 Å². The second-order valence-corrected chi connectivity index (χ2v) is 7.09. The Balaban J connectivity index is 2.02. The quantitative estimate of drug-likeness (QED) is 0.837. The molecule has 1 aromatic rings. The Morgan fingerprint density at radius 3 is 2.62 bits per heavy atom. The first kappa shape index (κ1) is 16.4. The van der Waals surface area contributed by atoms with Crippen molar-refractivity contribution in [1.29, 1.82) is 0 Å². The lowest BCUT2D eigenvalue weighted by atomic mass is 9.79. The number of aliphatic hydroxyl groups is 1. The van der Waals surface area contributed by atoms with Crippen LogP contribution in [0.5, 0.6) is 0 Å². The largest absolute Gasteiger partial charge is 0.390 e. The third-order valence-electron chi connectivity index (χ3n) is 4.88. The van der Waals surface area contributed by atoms with Crippen LogP contribution >= 0.6 is 0 Å². The Labute approximate surface area is 126 Å². The molecule has 1 fully saturated rings. The van der Waals surface area contributed by atoms with E-state index in [0.717, 1.165) is 18.8 Å². The maximum Gasteiger partial charge on any atom is 0.137 e. The van der Waals surface area contributed by atoms with Gasteiger partial charge in [0.15, 0.2) is 0 Å². The average Bonchev–Trinajstić information content (AvgIpc) is 3.02. The molecule has 1 aliphatic rings. The summed E-state index contributed by atoms with van der Waals surface area (Å²) in [4.78, 5) is 3.98. The van der Waals surface area contributed by atoms with Crippen molar-refractivity contribution in [2.75, 3.05) is 6.67 Å². The maximum absolute atomic E-state index is 13.2. The molecule has 2 atom stereocenters. The van der Waals surface area contributed by atoms with Crippen molar-refractivity contribution in [2.45, 2.75) is 70.9 Å². The summed E-state index contributed by atoms with van der Waals surface area (Å²) in [6, 6.07) is -0.194. The van der Waals surface area contributed by atoms with Crippen LogP contribution in [0.3, 0.4) is 0 Å². The lowest BCUT2D eigenvalue weighted by Gasteiger charge is -2.34. The summed E-state index contributed by atoms with van der Waals surface area (Å²) in [5.41, 5.74) is -0.761. The van der Waals surface area contributed by atoms with Gasteiger partial charge in [0.05, 0.1) is 18.8 Å². The summed E-state index contributed by atoms with van der Waals surface area (Å²) in [5.74, 6) is 0.741. The van der Waals surface area contributed by atoms with E-state index in [1.807, 2.05) is 0 Å². The molecule has 0 bridgehead atoms. The zero-order chi connectivity index (χ0) is 15.3. The molecule has 0 amide bonds. The highest BCUT2D eigenvalue weighted by atomic mass is 19.1. The smallest absolute Gasteiger partial charge is 0.137 e. The standard InChI is InChI=1S/C16H28FN3O/c1-16(2,10-17)15(21)14(20-12-18-11-19-20)9-8-13-6-4-3-5-7-13/h11-15,21H,3-10H2,1-2H3. The minimum atomic E-state index is -0.761. The molecule has 120 valence electrons. The molecule has 1 saturated carbocycles. The van der Waals surface area contributed by atoms with Crippen LogP contribution in [-0.2, 0) is 0 Å². The Morgan fingerprint density at radius 2 is 2.05 bits per heavy atom. The third-order valence-corrected chi connectivity index (χ3v) is 4.88. The zero-order valence-corrected chi connectivity index (χ0v) is 13.2. The molecule has 1 heterocycles. The lowest BCUT2D eigenvalue weighted by Crippen LogP contribution is -2.39. The van der Waals surface area contributed by atoms with Crippen LogP contribution in [0.25, 0.3) is 0 Å². The molecule has 5 heteroatoms. The predicted octanol–water partition coefficient (Wildman–Crippen LogP) is 3.54. The molecule has 21 heavy (non-hydrogen) atoms. The number of nitrogens with zero attached hydrogens (tertiary/aromatic N) is 3. The van der Waals surface area contributed by atoms with Gasteiger partial charge < -0.3 is 5.11 Å². The van der Waals surface area contributed by atoms with Gasteiger partial charge in [-0.1, -0.05) is 46.0 Å². The Hall–Kier alpha value is -0.970. The highest BCUT2D eigenvalue weighted by Crippen LogP contribution is 2.35. The first-order valence-corrected chi connectivity index (χ1v) is 8.13. The van der Waals surface area contributed by atoms with Gasteiger partial charge in [0, 0.05) is 5.41 Å². The van der Waals surface area contributed by atoms with Crippen molar-refractivity contribution >= 4 is 0 Å². The van der Waals surface area contributed by atoms with Gasteiger partial charge in [-0.2, -0.15) is 5.10 Å². The number of rotatable bonds is 7. The number of aliphatic hydroxyl groups excluding tert-OH is 1. The first-order valence-electron chi connectivity index (χ1n) is 8.13. The topological polar surface area (TPSA) is 50.9 Å². The first-order chi connectivity index (χ1) is 10.0. The second kappa shape index (κ2) is 7.34. The van der Waals surface area contributed by atoms with Crippen molar-refractivity contribution in [2.24, 2.45) is 11.3 Å². The van der Waals surface area contributed by atoms with Crippen LogP contribution in [0.1, 0.15) is 64.8 Å². The SMILES string of the molecule is CC(C)(CF)C(O)C(CCC1CCCCC1)n1cncn1. The number of hydrogen-bond donors (Lipinski definition) is 1. The Kier molecular flexibility index (Phi) is 5.73. The Bertz CT molecular complexity index is 402. The van der Waals surface area contributed by atoms with Crippen LogP contribution in [-0.4, -0.2) is 32.6 Å². The van der Waals surface area contributed by atoms with E-state index < -0.39 is 18.2 Å². The summed E-state index contributed by atoms with van der Waals surface area (Å²) in [6.45, 7) is 2.99. The number of alkyl halides is 1. The van der Waals surface area contributed by atoms with Gasteiger partial charge in [-0.25, -0.2) is 9.67 Å². The third kappa shape index (κ3) is 4.25.